The average molecular weight is 283 g/mol. The van der Waals surface area contributed by atoms with Crippen LogP contribution in [0.4, 0.5) is 4.79 Å². The minimum atomic E-state index is -0.805. The molecule has 7 nitrogen and oxygen atoms in total. The molecule has 4 amide bonds. The van der Waals surface area contributed by atoms with Crippen LogP contribution in [0.2, 0.25) is 0 Å². The van der Waals surface area contributed by atoms with Crippen LogP contribution >= 0.6 is 0 Å². The molecule has 1 saturated heterocycles. The number of carbonyl (C=O) groups excluding carboxylic acids is 3. The molecular weight excluding hydrogens is 262 g/mol. The molecule has 0 bridgehead atoms. The Morgan fingerprint density at radius 1 is 1.45 bits per heavy atom. The van der Waals surface area contributed by atoms with Gasteiger partial charge in [-0.15, -0.1) is 0 Å². The van der Waals surface area contributed by atoms with Gasteiger partial charge in [0.15, 0.2) is 0 Å². The van der Waals surface area contributed by atoms with Crippen LogP contribution in [0.1, 0.15) is 32.6 Å². The lowest BCUT2D eigenvalue weighted by Gasteiger charge is -2.33. The van der Waals surface area contributed by atoms with Crippen molar-refractivity contribution in [3.05, 3.63) is 0 Å². The average Bonchev–Trinajstić information content (AvgIpc) is 2.65. The van der Waals surface area contributed by atoms with Gasteiger partial charge in [-0.2, -0.15) is 0 Å². The van der Waals surface area contributed by atoms with E-state index in [1.54, 1.807) is 0 Å². The van der Waals surface area contributed by atoms with Gasteiger partial charge in [-0.05, 0) is 31.6 Å². The minimum Gasteiger partial charge on any atom is -0.395 e. The summed E-state index contributed by atoms with van der Waals surface area (Å²) in [4.78, 5) is 36.9. The molecule has 1 aliphatic carbocycles. The largest absolute Gasteiger partial charge is 0.395 e. The van der Waals surface area contributed by atoms with Crippen molar-refractivity contribution in [2.45, 2.75) is 38.1 Å². The third kappa shape index (κ3) is 2.77. The Balaban J connectivity index is 2.00. The molecular formula is C13H21N3O4. The van der Waals surface area contributed by atoms with Crippen LogP contribution in [0.25, 0.3) is 0 Å². The van der Waals surface area contributed by atoms with Gasteiger partial charge in [0, 0.05) is 6.54 Å². The molecule has 3 N–H and O–H groups in total. The number of amides is 4. The van der Waals surface area contributed by atoms with E-state index in [-0.39, 0.29) is 25.6 Å². The SMILES string of the molecule is CC1CCC2(CC1)NC(=O)N(CC(=O)NCCO)C2=O. The number of nitrogens with one attached hydrogen (secondary N) is 2. The molecule has 0 aromatic heterocycles. The summed E-state index contributed by atoms with van der Waals surface area (Å²) in [5.41, 5.74) is -0.805. The first-order valence-corrected chi connectivity index (χ1v) is 7.00. The Kier molecular flexibility index (Phi) is 4.27. The first-order chi connectivity index (χ1) is 9.48. The molecule has 0 aromatic rings. The fourth-order valence-electron chi connectivity index (χ4n) is 2.81. The molecule has 20 heavy (non-hydrogen) atoms. The second-order valence-corrected chi connectivity index (χ2v) is 5.66. The van der Waals surface area contributed by atoms with Crippen molar-refractivity contribution in [3.8, 4) is 0 Å². The predicted octanol–water partition coefficient (Wildman–Crippen LogP) is -0.404. The van der Waals surface area contributed by atoms with E-state index >= 15 is 0 Å². The summed E-state index contributed by atoms with van der Waals surface area (Å²) in [5.74, 6) is -0.176. The van der Waals surface area contributed by atoms with Gasteiger partial charge in [0.1, 0.15) is 12.1 Å². The number of aliphatic hydroxyl groups is 1. The van der Waals surface area contributed by atoms with E-state index in [0.717, 1.165) is 17.7 Å². The number of imide groups is 1. The molecule has 7 heteroatoms. The highest BCUT2D eigenvalue weighted by Gasteiger charge is 2.52. The van der Waals surface area contributed by atoms with Crippen LogP contribution in [0.5, 0.6) is 0 Å². The first-order valence-electron chi connectivity index (χ1n) is 7.00. The Morgan fingerprint density at radius 2 is 2.10 bits per heavy atom. The molecule has 112 valence electrons. The summed E-state index contributed by atoms with van der Waals surface area (Å²) in [6, 6.07) is -0.497. The quantitative estimate of drug-likeness (QED) is 0.611. The van der Waals surface area contributed by atoms with Crippen molar-refractivity contribution in [1.29, 1.82) is 0 Å². The maximum absolute atomic E-state index is 12.4. The summed E-state index contributed by atoms with van der Waals surface area (Å²) >= 11 is 0. The molecule has 0 radical (unpaired) electrons. The fourth-order valence-corrected chi connectivity index (χ4v) is 2.81. The van der Waals surface area contributed by atoms with Crippen molar-refractivity contribution in [1.82, 2.24) is 15.5 Å². The molecule has 1 saturated carbocycles. The Hall–Kier alpha value is -1.63. The van der Waals surface area contributed by atoms with Crippen molar-refractivity contribution in [2.75, 3.05) is 19.7 Å². The van der Waals surface area contributed by atoms with Crippen molar-refractivity contribution in [3.63, 3.8) is 0 Å². The van der Waals surface area contributed by atoms with Gasteiger partial charge in [0.05, 0.1) is 6.61 Å². The molecule has 1 heterocycles. The Labute approximate surface area is 117 Å². The van der Waals surface area contributed by atoms with Crippen LogP contribution in [0.3, 0.4) is 0 Å². The van der Waals surface area contributed by atoms with E-state index in [9.17, 15) is 14.4 Å². The summed E-state index contributed by atoms with van der Waals surface area (Å²) < 4.78 is 0. The van der Waals surface area contributed by atoms with E-state index in [1.807, 2.05) is 0 Å². The monoisotopic (exact) mass is 283 g/mol. The van der Waals surface area contributed by atoms with Crippen LogP contribution in [-0.2, 0) is 9.59 Å². The number of hydrogen-bond donors (Lipinski definition) is 3. The molecule has 2 fully saturated rings. The number of rotatable bonds is 4. The minimum absolute atomic E-state index is 0.116. The number of aliphatic hydroxyl groups excluding tert-OH is 1. The van der Waals surface area contributed by atoms with Crippen molar-refractivity contribution >= 4 is 17.8 Å². The summed E-state index contributed by atoms with van der Waals surface area (Å²) in [6.45, 7) is 1.79. The van der Waals surface area contributed by atoms with Gasteiger partial charge in [-0.25, -0.2) is 4.79 Å². The number of nitrogens with zero attached hydrogens (tertiary/aromatic N) is 1. The van der Waals surface area contributed by atoms with Gasteiger partial charge in [-0.1, -0.05) is 6.92 Å². The van der Waals surface area contributed by atoms with Gasteiger partial charge < -0.3 is 15.7 Å². The molecule has 1 spiro atoms. The third-order valence-electron chi connectivity index (χ3n) is 4.11. The van der Waals surface area contributed by atoms with E-state index in [2.05, 4.69) is 17.6 Å². The zero-order valence-corrected chi connectivity index (χ0v) is 11.6. The number of urea groups is 1. The van der Waals surface area contributed by atoms with E-state index in [0.29, 0.717) is 18.8 Å². The molecule has 2 rings (SSSR count). The van der Waals surface area contributed by atoms with E-state index < -0.39 is 17.5 Å². The summed E-state index contributed by atoms with van der Waals surface area (Å²) in [5, 5.41) is 13.8. The molecule has 0 unspecified atom stereocenters. The lowest BCUT2D eigenvalue weighted by atomic mass is 9.77. The lowest BCUT2D eigenvalue weighted by molar-refractivity contribution is -0.136. The predicted molar refractivity (Wildman–Crippen MR) is 70.7 cm³/mol. The maximum atomic E-state index is 12.4. The standard InChI is InChI=1S/C13H21N3O4/c1-9-2-4-13(5-3-9)11(19)16(12(20)15-13)8-10(18)14-6-7-17/h9,17H,2-8H2,1H3,(H,14,18)(H,15,20). The highest BCUT2D eigenvalue weighted by Crippen LogP contribution is 2.36. The van der Waals surface area contributed by atoms with Crippen molar-refractivity contribution in [2.24, 2.45) is 5.92 Å². The second kappa shape index (κ2) is 5.78. The fraction of sp³-hybridized carbons (Fsp3) is 0.769. The highest BCUT2D eigenvalue weighted by atomic mass is 16.3. The van der Waals surface area contributed by atoms with Gasteiger partial charge >= 0.3 is 6.03 Å². The number of hydrogen-bond acceptors (Lipinski definition) is 4. The van der Waals surface area contributed by atoms with E-state index in [1.165, 1.54) is 0 Å². The Bertz CT molecular complexity index is 416. The van der Waals surface area contributed by atoms with Gasteiger partial charge in [0.25, 0.3) is 5.91 Å². The maximum Gasteiger partial charge on any atom is 0.325 e. The molecule has 0 atom stereocenters. The van der Waals surface area contributed by atoms with Gasteiger partial charge in [-0.3, -0.25) is 14.5 Å². The zero-order chi connectivity index (χ0) is 14.8. The molecule has 0 aromatic carbocycles. The van der Waals surface area contributed by atoms with Crippen LogP contribution in [0, 0.1) is 5.92 Å². The smallest absolute Gasteiger partial charge is 0.325 e. The number of carbonyl (C=O) groups is 3. The zero-order valence-electron chi connectivity index (χ0n) is 11.6. The molecule has 2 aliphatic rings. The van der Waals surface area contributed by atoms with Gasteiger partial charge in [0.2, 0.25) is 5.91 Å². The van der Waals surface area contributed by atoms with E-state index in [4.69, 9.17) is 5.11 Å². The topological polar surface area (TPSA) is 98.7 Å². The molecule has 1 aliphatic heterocycles. The normalized spacial score (nSPS) is 29.7. The third-order valence-corrected chi connectivity index (χ3v) is 4.11. The van der Waals surface area contributed by atoms with Crippen LogP contribution in [0.15, 0.2) is 0 Å². The Morgan fingerprint density at radius 3 is 2.70 bits per heavy atom. The first kappa shape index (κ1) is 14.8. The lowest BCUT2D eigenvalue weighted by Crippen LogP contribution is -2.50. The van der Waals surface area contributed by atoms with Crippen molar-refractivity contribution < 1.29 is 19.5 Å². The summed E-state index contributed by atoms with van der Waals surface area (Å²) in [7, 11) is 0. The van der Waals surface area contributed by atoms with Crippen LogP contribution < -0.4 is 10.6 Å². The second-order valence-electron chi connectivity index (χ2n) is 5.66. The van der Waals surface area contributed by atoms with Crippen LogP contribution in [-0.4, -0.2) is 53.1 Å². The summed E-state index contributed by atoms with van der Waals surface area (Å²) in [6.07, 6.45) is 3.06. The highest BCUT2D eigenvalue weighted by molar-refractivity contribution is 6.09.